The smallest absolute Gasteiger partial charge is 0.325 e. The Balaban J connectivity index is 1.75. The topological polar surface area (TPSA) is 95.6 Å². The van der Waals surface area contributed by atoms with E-state index in [0.29, 0.717) is 29.7 Å². The van der Waals surface area contributed by atoms with Crippen molar-refractivity contribution in [2.75, 3.05) is 11.9 Å². The third-order valence-electron chi connectivity index (χ3n) is 4.94. The molecule has 1 unspecified atom stereocenters. The van der Waals surface area contributed by atoms with Crippen molar-refractivity contribution in [2.45, 2.75) is 32.2 Å². The molecule has 1 heterocycles. The van der Waals surface area contributed by atoms with Crippen LogP contribution in [0.1, 0.15) is 42.6 Å². The molecule has 0 spiro atoms. The second-order valence-electron chi connectivity index (χ2n) is 7.02. The molecule has 0 aromatic heterocycles. The molecule has 0 saturated carbocycles. The van der Waals surface area contributed by atoms with Crippen LogP contribution in [0.2, 0.25) is 0 Å². The minimum absolute atomic E-state index is 0.0737. The fraction of sp³-hybridized carbons (Fsp3) is 0.273. The van der Waals surface area contributed by atoms with Gasteiger partial charge >= 0.3 is 6.03 Å². The van der Waals surface area contributed by atoms with Crippen LogP contribution in [0.3, 0.4) is 0 Å². The first-order valence-corrected chi connectivity index (χ1v) is 9.48. The van der Waals surface area contributed by atoms with Crippen molar-refractivity contribution in [1.29, 1.82) is 0 Å². The molecule has 4 amide bonds. The van der Waals surface area contributed by atoms with Gasteiger partial charge in [0, 0.05) is 11.3 Å². The van der Waals surface area contributed by atoms with E-state index in [-0.39, 0.29) is 5.78 Å². The predicted molar refractivity (Wildman–Crippen MR) is 108 cm³/mol. The third kappa shape index (κ3) is 4.03. The van der Waals surface area contributed by atoms with Crippen molar-refractivity contribution in [1.82, 2.24) is 10.2 Å². The number of hydrogen-bond acceptors (Lipinski definition) is 4. The Labute approximate surface area is 169 Å². The van der Waals surface area contributed by atoms with Gasteiger partial charge in [0.25, 0.3) is 5.91 Å². The van der Waals surface area contributed by atoms with E-state index in [1.54, 1.807) is 36.4 Å². The number of Topliss-reactive ketones (excluding diaryl/α,β-unsaturated/α-hetero) is 1. The number of benzene rings is 2. The fourth-order valence-electron chi connectivity index (χ4n) is 3.51. The Hall–Kier alpha value is -3.48. The van der Waals surface area contributed by atoms with Gasteiger partial charge in [0.1, 0.15) is 12.1 Å². The number of nitrogens with zero attached hydrogens (tertiary/aromatic N) is 1. The van der Waals surface area contributed by atoms with E-state index in [0.717, 1.165) is 4.90 Å². The summed E-state index contributed by atoms with van der Waals surface area (Å²) in [5, 5.41) is 5.44. The summed E-state index contributed by atoms with van der Waals surface area (Å²) in [6.07, 6.45) is 1.12. The van der Waals surface area contributed by atoms with Gasteiger partial charge in [-0.1, -0.05) is 43.7 Å². The van der Waals surface area contributed by atoms with Crippen LogP contribution in [0, 0.1) is 0 Å². The fourth-order valence-corrected chi connectivity index (χ4v) is 3.51. The lowest BCUT2D eigenvalue weighted by Crippen LogP contribution is -2.44. The van der Waals surface area contributed by atoms with Crippen LogP contribution >= 0.6 is 0 Å². The third-order valence-corrected chi connectivity index (χ3v) is 4.94. The van der Waals surface area contributed by atoms with Crippen molar-refractivity contribution in [2.24, 2.45) is 0 Å². The summed E-state index contributed by atoms with van der Waals surface area (Å²) < 4.78 is 0. The molecule has 1 atom stereocenters. The van der Waals surface area contributed by atoms with Gasteiger partial charge in [0.2, 0.25) is 5.91 Å². The maximum atomic E-state index is 13.2. The summed E-state index contributed by atoms with van der Waals surface area (Å²) in [5.41, 5.74) is 0.554. The second-order valence-corrected chi connectivity index (χ2v) is 7.02. The lowest BCUT2D eigenvalue weighted by atomic mass is 9.85. The van der Waals surface area contributed by atoms with E-state index >= 15 is 0 Å². The van der Waals surface area contributed by atoms with Crippen LogP contribution in [0.25, 0.3) is 0 Å². The van der Waals surface area contributed by atoms with Crippen molar-refractivity contribution in [3.63, 3.8) is 0 Å². The predicted octanol–water partition coefficient (Wildman–Crippen LogP) is 3.08. The van der Waals surface area contributed by atoms with Gasteiger partial charge in [0.15, 0.2) is 5.78 Å². The lowest BCUT2D eigenvalue weighted by Gasteiger charge is -2.26. The van der Waals surface area contributed by atoms with Gasteiger partial charge in [-0.15, -0.1) is 0 Å². The summed E-state index contributed by atoms with van der Waals surface area (Å²) >= 11 is 0. The highest BCUT2D eigenvalue weighted by Gasteiger charge is 2.52. The van der Waals surface area contributed by atoms with E-state index in [1.807, 2.05) is 25.1 Å². The van der Waals surface area contributed by atoms with E-state index in [9.17, 15) is 19.2 Å². The summed E-state index contributed by atoms with van der Waals surface area (Å²) in [5.74, 6) is -1.00. The molecule has 1 aliphatic rings. The van der Waals surface area contributed by atoms with E-state index < -0.39 is 29.9 Å². The Morgan fingerprint density at radius 3 is 2.28 bits per heavy atom. The van der Waals surface area contributed by atoms with Gasteiger partial charge in [-0.2, -0.15) is 0 Å². The summed E-state index contributed by atoms with van der Waals surface area (Å²) in [4.78, 5) is 50.4. The summed E-state index contributed by atoms with van der Waals surface area (Å²) in [6.45, 7) is 3.00. The highest BCUT2D eigenvalue weighted by atomic mass is 16.2. The zero-order valence-corrected chi connectivity index (χ0v) is 16.4. The van der Waals surface area contributed by atoms with Crippen LogP contribution < -0.4 is 10.6 Å². The van der Waals surface area contributed by atoms with Gasteiger partial charge in [-0.3, -0.25) is 19.3 Å². The first-order valence-electron chi connectivity index (χ1n) is 9.48. The minimum atomic E-state index is -1.16. The molecule has 2 N–H and O–H groups in total. The monoisotopic (exact) mass is 393 g/mol. The average molecular weight is 393 g/mol. The van der Waals surface area contributed by atoms with Crippen LogP contribution in [0.5, 0.6) is 0 Å². The molecule has 29 heavy (non-hydrogen) atoms. The normalized spacial score (nSPS) is 18.5. The first kappa shape index (κ1) is 20.3. The SMILES string of the molecule is CCCC1(c2ccccc2)NC(=O)N(CC(=O)Nc2ccc(C(C)=O)cc2)C1=O. The molecule has 0 radical (unpaired) electrons. The molecule has 2 aromatic rings. The van der Waals surface area contributed by atoms with Crippen LogP contribution in [-0.4, -0.2) is 35.1 Å². The molecule has 1 fully saturated rings. The zero-order valence-electron chi connectivity index (χ0n) is 16.4. The number of carbonyl (C=O) groups is 4. The van der Waals surface area contributed by atoms with Crippen molar-refractivity contribution in [3.05, 3.63) is 65.7 Å². The highest BCUT2D eigenvalue weighted by Crippen LogP contribution is 2.33. The minimum Gasteiger partial charge on any atom is -0.325 e. The Morgan fingerprint density at radius 1 is 1.03 bits per heavy atom. The zero-order chi connectivity index (χ0) is 21.0. The first-order chi connectivity index (χ1) is 13.9. The molecule has 7 nitrogen and oxygen atoms in total. The Bertz CT molecular complexity index is 940. The second kappa shape index (κ2) is 8.26. The van der Waals surface area contributed by atoms with Crippen LogP contribution in [-0.2, 0) is 15.1 Å². The molecule has 2 aromatic carbocycles. The molecule has 0 aliphatic carbocycles. The van der Waals surface area contributed by atoms with Gasteiger partial charge in [-0.25, -0.2) is 4.79 Å². The Kier molecular flexibility index (Phi) is 5.77. The number of ketones is 1. The number of nitrogens with one attached hydrogen (secondary N) is 2. The molecule has 0 bridgehead atoms. The van der Waals surface area contributed by atoms with Crippen molar-refractivity contribution >= 4 is 29.3 Å². The van der Waals surface area contributed by atoms with Crippen LogP contribution in [0.15, 0.2) is 54.6 Å². The molecule has 150 valence electrons. The van der Waals surface area contributed by atoms with Gasteiger partial charge in [-0.05, 0) is 43.2 Å². The molecular formula is C22H23N3O4. The lowest BCUT2D eigenvalue weighted by molar-refractivity contribution is -0.134. The van der Waals surface area contributed by atoms with Crippen LogP contribution in [0.4, 0.5) is 10.5 Å². The molecule has 7 heteroatoms. The number of hydrogen-bond donors (Lipinski definition) is 2. The van der Waals surface area contributed by atoms with E-state index in [1.165, 1.54) is 6.92 Å². The molecule has 3 rings (SSSR count). The maximum Gasteiger partial charge on any atom is 0.325 e. The Morgan fingerprint density at radius 2 is 1.69 bits per heavy atom. The highest BCUT2D eigenvalue weighted by molar-refractivity contribution is 6.10. The molecular weight excluding hydrogens is 370 g/mol. The number of urea groups is 1. The van der Waals surface area contributed by atoms with E-state index in [2.05, 4.69) is 10.6 Å². The van der Waals surface area contributed by atoms with Gasteiger partial charge in [0.05, 0.1) is 0 Å². The van der Waals surface area contributed by atoms with Gasteiger partial charge < -0.3 is 10.6 Å². The number of imide groups is 1. The standard InChI is InChI=1S/C22H23N3O4/c1-3-13-22(17-7-5-4-6-8-17)20(28)25(21(29)24-22)14-19(27)23-18-11-9-16(10-12-18)15(2)26/h4-12H,3,13-14H2,1-2H3,(H,23,27)(H,24,29). The number of amides is 4. The molecule has 1 saturated heterocycles. The van der Waals surface area contributed by atoms with E-state index in [4.69, 9.17) is 0 Å². The summed E-state index contributed by atoms with van der Waals surface area (Å²) in [6, 6.07) is 14.9. The largest absolute Gasteiger partial charge is 0.325 e. The summed E-state index contributed by atoms with van der Waals surface area (Å²) in [7, 11) is 0. The number of anilines is 1. The number of carbonyl (C=O) groups excluding carboxylic acids is 4. The quantitative estimate of drug-likeness (QED) is 0.558. The van der Waals surface area contributed by atoms with Crippen molar-refractivity contribution in [3.8, 4) is 0 Å². The van der Waals surface area contributed by atoms with Crippen molar-refractivity contribution < 1.29 is 19.2 Å². The molecule has 1 aliphatic heterocycles. The average Bonchev–Trinajstić information content (AvgIpc) is 2.94. The number of rotatable bonds is 7. The maximum absolute atomic E-state index is 13.2.